The second-order valence-corrected chi connectivity index (χ2v) is 7.32. The monoisotopic (exact) mass is 281 g/mol. The largest absolute Gasteiger partial charge is 0.384 e. The van der Waals surface area contributed by atoms with Crippen molar-refractivity contribution in [3.05, 3.63) is 18.3 Å². The Balaban J connectivity index is 1.95. The van der Waals surface area contributed by atoms with E-state index in [0.717, 1.165) is 32.1 Å². The van der Waals surface area contributed by atoms with Gasteiger partial charge in [-0.1, -0.05) is 6.42 Å². The lowest BCUT2D eigenvalue weighted by atomic mass is 9.94. The summed E-state index contributed by atoms with van der Waals surface area (Å²) in [5, 5.41) is 0. The van der Waals surface area contributed by atoms with Crippen LogP contribution in [0.2, 0.25) is 0 Å². The lowest BCUT2D eigenvalue weighted by Crippen LogP contribution is -2.46. The van der Waals surface area contributed by atoms with Crippen LogP contribution in [0.3, 0.4) is 0 Å². The molecule has 5 nitrogen and oxygen atoms in total. The van der Waals surface area contributed by atoms with Gasteiger partial charge in [0, 0.05) is 24.8 Å². The number of nitrogen functional groups attached to an aromatic ring is 1. The molecule has 2 N–H and O–H groups in total. The van der Waals surface area contributed by atoms with E-state index in [4.69, 9.17) is 5.73 Å². The fourth-order valence-electron chi connectivity index (χ4n) is 3.43. The van der Waals surface area contributed by atoms with E-state index in [0.29, 0.717) is 12.5 Å². The highest BCUT2D eigenvalue weighted by Gasteiger charge is 2.41. The number of sulfonamides is 1. The van der Waals surface area contributed by atoms with E-state index >= 15 is 0 Å². The zero-order valence-corrected chi connectivity index (χ0v) is 11.6. The summed E-state index contributed by atoms with van der Waals surface area (Å²) in [4.78, 5) is 4.13. The second kappa shape index (κ2) is 4.76. The quantitative estimate of drug-likeness (QED) is 0.893. The number of pyridine rings is 1. The highest BCUT2D eigenvalue weighted by molar-refractivity contribution is 7.89. The van der Waals surface area contributed by atoms with E-state index in [1.807, 2.05) is 0 Å². The number of aromatic nitrogens is 1. The van der Waals surface area contributed by atoms with Gasteiger partial charge in [0.2, 0.25) is 10.0 Å². The summed E-state index contributed by atoms with van der Waals surface area (Å²) in [7, 11) is -3.43. The number of nitrogens with two attached hydrogens (primary N) is 1. The number of rotatable bonds is 2. The molecule has 1 aliphatic carbocycles. The lowest BCUT2D eigenvalue weighted by molar-refractivity contribution is 0.202. The van der Waals surface area contributed by atoms with Crippen molar-refractivity contribution < 1.29 is 8.42 Å². The third-order valence-corrected chi connectivity index (χ3v) is 6.22. The highest BCUT2D eigenvalue weighted by Crippen LogP contribution is 2.39. The van der Waals surface area contributed by atoms with Crippen LogP contribution in [0.1, 0.15) is 32.1 Å². The molecule has 0 spiro atoms. The van der Waals surface area contributed by atoms with Gasteiger partial charge < -0.3 is 5.73 Å². The maximum atomic E-state index is 12.7. The summed E-state index contributed by atoms with van der Waals surface area (Å²) in [6.45, 7) is 0.631. The first-order valence-corrected chi connectivity index (χ1v) is 8.26. The molecule has 6 heteroatoms. The van der Waals surface area contributed by atoms with Gasteiger partial charge in [-0.3, -0.25) is 0 Å². The third-order valence-electron chi connectivity index (χ3n) is 4.30. The molecule has 0 bridgehead atoms. The minimum Gasteiger partial charge on any atom is -0.384 e. The predicted molar refractivity (Wildman–Crippen MR) is 72.9 cm³/mol. The van der Waals surface area contributed by atoms with Crippen molar-refractivity contribution in [2.75, 3.05) is 12.3 Å². The van der Waals surface area contributed by atoms with E-state index in [9.17, 15) is 8.42 Å². The minimum absolute atomic E-state index is 0.188. The van der Waals surface area contributed by atoms with Crippen LogP contribution < -0.4 is 5.73 Å². The van der Waals surface area contributed by atoms with Gasteiger partial charge in [0.05, 0.1) is 4.90 Å². The maximum Gasteiger partial charge on any atom is 0.243 e. The van der Waals surface area contributed by atoms with Gasteiger partial charge >= 0.3 is 0 Å². The van der Waals surface area contributed by atoms with E-state index in [1.54, 1.807) is 4.31 Å². The number of fused-ring (bicyclic) bond motifs is 1. The minimum atomic E-state index is -3.43. The number of hydrogen-bond acceptors (Lipinski definition) is 4. The number of nitrogens with zero attached hydrogens (tertiary/aromatic N) is 2. The average Bonchev–Trinajstić information content (AvgIpc) is 2.86. The zero-order chi connectivity index (χ0) is 13.5. The van der Waals surface area contributed by atoms with Crippen LogP contribution in [0.15, 0.2) is 23.2 Å². The molecular formula is C13H19N3O2S. The van der Waals surface area contributed by atoms with Crippen molar-refractivity contribution >= 4 is 15.8 Å². The Bertz CT molecular complexity index is 573. The Morgan fingerprint density at radius 3 is 2.84 bits per heavy atom. The topological polar surface area (TPSA) is 76.3 Å². The van der Waals surface area contributed by atoms with Crippen molar-refractivity contribution in [2.45, 2.75) is 43.0 Å². The van der Waals surface area contributed by atoms with E-state index < -0.39 is 10.0 Å². The molecule has 1 saturated carbocycles. The average molecular weight is 281 g/mol. The van der Waals surface area contributed by atoms with Gasteiger partial charge in [0.25, 0.3) is 0 Å². The fraction of sp³-hybridized carbons (Fsp3) is 0.615. The molecule has 104 valence electrons. The Labute approximate surface area is 113 Å². The SMILES string of the molecule is Nc1cc(S(=O)(=O)N2CCCC3CCCC32)ccn1. The molecule has 2 atom stereocenters. The maximum absolute atomic E-state index is 12.7. The molecule has 2 aliphatic rings. The number of hydrogen-bond donors (Lipinski definition) is 1. The predicted octanol–water partition coefficient (Wildman–Crippen LogP) is 1.62. The summed E-state index contributed by atoms with van der Waals surface area (Å²) in [6.07, 6.45) is 6.87. The van der Waals surface area contributed by atoms with Crippen LogP contribution in [0.25, 0.3) is 0 Å². The van der Waals surface area contributed by atoms with Crippen molar-refractivity contribution in [3.8, 4) is 0 Å². The molecular weight excluding hydrogens is 262 g/mol. The normalized spacial score (nSPS) is 28.2. The zero-order valence-electron chi connectivity index (χ0n) is 10.8. The first-order chi connectivity index (χ1) is 9.09. The molecule has 19 heavy (non-hydrogen) atoms. The Hall–Kier alpha value is -1.14. The van der Waals surface area contributed by atoms with E-state index in [-0.39, 0.29) is 16.8 Å². The van der Waals surface area contributed by atoms with Gasteiger partial charge in [0.1, 0.15) is 5.82 Å². The van der Waals surface area contributed by atoms with Crippen LogP contribution in [0.5, 0.6) is 0 Å². The van der Waals surface area contributed by atoms with Crippen LogP contribution in [0, 0.1) is 5.92 Å². The van der Waals surface area contributed by atoms with Gasteiger partial charge in [-0.25, -0.2) is 13.4 Å². The van der Waals surface area contributed by atoms with Crippen molar-refractivity contribution in [2.24, 2.45) is 5.92 Å². The molecule has 1 saturated heterocycles. The van der Waals surface area contributed by atoms with Gasteiger partial charge in [0.15, 0.2) is 0 Å². The Morgan fingerprint density at radius 1 is 1.26 bits per heavy atom. The van der Waals surface area contributed by atoms with Gasteiger partial charge in [-0.15, -0.1) is 0 Å². The molecule has 2 fully saturated rings. The van der Waals surface area contributed by atoms with E-state index in [2.05, 4.69) is 4.98 Å². The van der Waals surface area contributed by atoms with Gasteiger partial charge in [-0.05, 0) is 37.7 Å². The summed E-state index contributed by atoms with van der Waals surface area (Å²) in [5.41, 5.74) is 5.60. The molecule has 2 heterocycles. The summed E-state index contributed by atoms with van der Waals surface area (Å²) in [6, 6.07) is 3.17. The van der Waals surface area contributed by atoms with Crippen molar-refractivity contribution in [3.63, 3.8) is 0 Å². The fourth-order valence-corrected chi connectivity index (χ4v) is 5.21. The van der Waals surface area contributed by atoms with Crippen LogP contribution in [-0.2, 0) is 10.0 Å². The first kappa shape index (κ1) is 12.9. The van der Waals surface area contributed by atoms with Crippen LogP contribution >= 0.6 is 0 Å². The Kier molecular flexibility index (Phi) is 3.22. The standard InChI is InChI=1S/C13H19N3O2S/c14-13-9-11(6-7-15-13)19(17,18)16-8-2-4-10-3-1-5-12(10)16/h6-7,9-10,12H,1-5,8H2,(H2,14,15). The molecule has 1 aromatic heterocycles. The second-order valence-electron chi connectivity index (χ2n) is 5.43. The number of anilines is 1. The third kappa shape index (κ3) is 2.23. The smallest absolute Gasteiger partial charge is 0.243 e. The molecule has 2 unspecified atom stereocenters. The van der Waals surface area contributed by atoms with Crippen LogP contribution in [0.4, 0.5) is 5.82 Å². The number of piperidine rings is 1. The molecule has 1 aromatic rings. The molecule has 0 aromatic carbocycles. The summed E-state index contributed by atoms with van der Waals surface area (Å²) in [5.74, 6) is 0.795. The molecule has 3 rings (SSSR count). The van der Waals surface area contributed by atoms with Gasteiger partial charge in [-0.2, -0.15) is 4.31 Å². The summed E-state index contributed by atoms with van der Waals surface area (Å²) < 4.78 is 27.1. The Morgan fingerprint density at radius 2 is 2.05 bits per heavy atom. The van der Waals surface area contributed by atoms with Crippen molar-refractivity contribution in [1.29, 1.82) is 0 Å². The summed E-state index contributed by atoms with van der Waals surface area (Å²) >= 11 is 0. The van der Waals surface area contributed by atoms with E-state index in [1.165, 1.54) is 18.3 Å². The molecule has 0 radical (unpaired) electrons. The molecule has 0 amide bonds. The van der Waals surface area contributed by atoms with Crippen LogP contribution in [-0.4, -0.2) is 30.3 Å². The van der Waals surface area contributed by atoms with Crippen molar-refractivity contribution in [1.82, 2.24) is 9.29 Å². The highest BCUT2D eigenvalue weighted by atomic mass is 32.2. The lowest BCUT2D eigenvalue weighted by Gasteiger charge is -2.36. The molecule has 1 aliphatic heterocycles. The first-order valence-electron chi connectivity index (χ1n) is 6.82.